The second-order valence-electron chi connectivity index (χ2n) is 6.57. The van der Waals surface area contributed by atoms with Gasteiger partial charge in [0.1, 0.15) is 0 Å². The Hall–Kier alpha value is -0.870. The van der Waals surface area contributed by atoms with Gasteiger partial charge < -0.3 is 15.3 Å². The summed E-state index contributed by atoms with van der Waals surface area (Å²) in [6, 6.07) is 0. The van der Waals surface area contributed by atoms with Crippen LogP contribution in [0.15, 0.2) is 12.2 Å². The van der Waals surface area contributed by atoms with Crippen LogP contribution in [-0.4, -0.2) is 33.5 Å². The number of carboxylic acids is 1. The zero-order chi connectivity index (χ0) is 17.5. The van der Waals surface area contributed by atoms with Gasteiger partial charge in [-0.05, 0) is 38.5 Å². The van der Waals surface area contributed by atoms with E-state index in [0.29, 0.717) is 0 Å². The van der Waals surface area contributed by atoms with Crippen molar-refractivity contribution in [3.8, 4) is 0 Å². The number of allylic oxidation sites excluding steroid dienone is 1. The van der Waals surface area contributed by atoms with E-state index in [1.807, 2.05) is 19.1 Å². The summed E-state index contributed by atoms with van der Waals surface area (Å²) in [7, 11) is 0. The SMILES string of the molecule is CCCCCC(O)C=CCC(CCCCCCC(=O)O)C(C)O. The van der Waals surface area contributed by atoms with Crippen molar-refractivity contribution in [3.05, 3.63) is 12.2 Å². The third-order valence-corrected chi connectivity index (χ3v) is 4.30. The Kier molecular flexibility index (Phi) is 14.1. The van der Waals surface area contributed by atoms with Crippen molar-refractivity contribution in [1.29, 1.82) is 0 Å². The van der Waals surface area contributed by atoms with Crippen LogP contribution in [0.2, 0.25) is 0 Å². The van der Waals surface area contributed by atoms with Gasteiger partial charge in [-0.25, -0.2) is 0 Å². The first-order chi connectivity index (χ1) is 11.0. The van der Waals surface area contributed by atoms with Gasteiger partial charge in [0.05, 0.1) is 12.2 Å². The first-order valence-electron chi connectivity index (χ1n) is 9.22. The third-order valence-electron chi connectivity index (χ3n) is 4.30. The molecule has 0 spiro atoms. The Morgan fingerprint density at radius 2 is 1.65 bits per heavy atom. The maximum Gasteiger partial charge on any atom is 0.303 e. The summed E-state index contributed by atoms with van der Waals surface area (Å²) in [6.07, 6.45) is 13.0. The van der Waals surface area contributed by atoms with Crippen LogP contribution in [0.3, 0.4) is 0 Å². The number of carboxylic acid groups (broad SMARTS) is 1. The molecule has 0 aliphatic rings. The van der Waals surface area contributed by atoms with Crippen LogP contribution < -0.4 is 0 Å². The molecule has 0 bridgehead atoms. The number of hydrogen-bond donors (Lipinski definition) is 3. The lowest BCUT2D eigenvalue weighted by atomic mass is 9.92. The highest BCUT2D eigenvalue weighted by Gasteiger charge is 2.13. The van der Waals surface area contributed by atoms with Crippen molar-refractivity contribution in [1.82, 2.24) is 0 Å². The molecule has 136 valence electrons. The van der Waals surface area contributed by atoms with Gasteiger partial charge in [0.25, 0.3) is 0 Å². The summed E-state index contributed by atoms with van der Waals surface area (Å²) < 4.78 is 0. The van der Waals surface area contributed by atoms with Gasteiger partial charge in [-0.1, -0.05) is 57.6 Å². The second kappa shape index (κ2) is 14.7. The van der Waals surface area contributed by atoms with Gasteiger partial charge >= 0.3 is 5.97 Å². The van der Waals surface area contributed by atoms with Crippen molar-refractivity contribution in [2.45, 2.75) is 96.7 Å². The Bertz CT molecular complexity index is 312. The summed E-state index contributed by atoms with van der Waals surface area (Å²) in [5.74, 6) is -0.511. The molecule has 0 aliphatic carbocycles. The van der Waals surface area contributed by atoms with E-state index in [1.165, 1.54) is 0 Å². The molecule has 4 nitrogen and oxygen atoms in total. The molecule has 0 amide bonds. The molecule has 0 aliphatic heterocycles. The minimum atomic E-state index is -0.727. The number of rotatable bonds is 15. The van der Waals surface area contributed by atoms with Gasteiger partial charge in [0.15, 0.2) is 0 Å². The second-order valence-corrected chi connectivity index (χ2v) is 6.57. The molecule has 4 heteroatoms. The normalized spacial score (nSPS) is 15.7. The van der Waals surface area contributed by atoms with E-state index < -0.39 is 5.97 Å². The van der Waals surface area contributed by atoms with Crippen LogP contribution in [0, 0.1) is 5.92 Å². The van der Waals surface area contributed by atoms with Gasteiger partial charge in [-0.2, -0.15) is 0 Å². The highest BCUT2D eigenvalue weighted by molar-refractivity contribution is 5.66. The molecule has 0 aromatic heterocycles. The van der Waals surface area contributed by atoms with Crippen LogP contribution in [0.4, 0.5) is 0 Å². The zero-order valence-electron chi connectivity index (χ0n) is 14.9. The Morgan fingerprint density at radius 1 is 1.00 bits per heavy atom. The maximum atomic E-state index is 10.4. The number of aliphatic hydroxyl groups is 2. The first kappa shape index (κ1) is 22.1. The minimum absolute atomic E-state index is 0.216. The number of aliphatic hydroxyl groups excluding tert-OH is 2. The minimum Gasteiger partial charge on any atom is -0.481 e. The summed E-state index contributed by atoms with van der Waals surface area (Å²) in [5, 5.41) is 28.3. The van der Waals surface area contributed by atoms with E-state index >= 15 is 0 Å². The molecule has 0 aromatic carbocycles. The molecule has 0 saturated carbocycles. The van der Waals surface area contributed by atoms with E-state index in [0.717, 1.165) is 64.2 Å². The van der Waals surface area contributed by atoms with E-state index in [2.05, 4.69) is 6.92 Å². The van der Waals surface area contributed by atoms with E-state index in [1.54, 1.807) is 0 Å². The topological polar surface area (TPSA) is 77.8 Å². The Labute approximate surface area is 141 Å². The summed E-state index contributed by atoms with van der Waals surface area (Å²) in [4.78, 5) is 10.4. The Balaban J connectivity index is 3.86. The average molecular weight is 328 g/mol. The lowest BCUT2D eigenvalue weighted by Crippen LogP contribution is -2.16. The first-order valence-corrected chi connectivity index (χ1v) is 9.22. The van der Waals surface area contributed by atoms with E-state index in [-0.39, 0.29) is 24.5 Å². The van der Waals surface area contributed by atoms with Crippen LogP contribution in [0.5, 0.6) is 0 Å². The predicted octanol–water partition coefficient (Wildman–Crippen LogP) is 4.30. The lowest BCUT2D eigenvalue weighted by molar-refractivity contribution is -0.137. The highest BCUT2D eigenvalue weighted by Crippen LogP contribution is 2.19. The summed E-state index contributed by atoms with van der Waals surface area (Å²) in [6.45, 7) is 3.97. The number of carbonyl (C=O) groups is 1. The van der Waals surface area contributed by atoms with Crippen molar-refractivity contribution in [2.75, 3.05) is 0 Å². The summed E-state index contributed by atoms with van der Waals surface area (Å²) in [5.41, 5.74) is 0. The Morgan fingerprint density at radius 3 is 2.26 bits per heavy atom. The van der Waals surface area contributed by atoms with Crippen molar-refractivity contribution in [3.63, 3.8) is 0 Å². The van der Waals surface area contributed by atoms with Gasteiger partial charge in [0.2, 0.25) is 0 Å². The van der Waals surface area contributed by atoms with Gasteiger partial charge in [-0.15, -0.1) is 0 Å². The molecule has 0 saturated heterocycles. The smallest absolute Gasteiger partial charge is 0.303 e. The van der Waals surface area contributed by atoms with Crippen LogP contribution >= 0.6 is 0 Å². The molecule has 3 unspecified atom stereocenters. The molecular formula is C19H36O4. The number of unbranched alkanes of at least 4 members (excludes halogenated alkanes) is 5. The molecule has 23 heavy (non-hydrogen) atoms. The fourth-order valence-electron chi connectivity index (χ4n) is 2.70. The fourth-order valence-corrected chi connectivity index (χ4v) is 2.70. The summed E-state index contributed by atoms with van der Waals surface area (Å²) >= 11 is 0. The molecule has 3 N–H and O–H groups in total. The molecule has 0 radical (unpaired) electrons. The largest absolute Gasteiger partial charge is 0.481 e. The maximum absolute atomic E-state index is 10.4. The van der Waals surface area contributed by atoms with Gasteiger partial charge in [0, 0.05) is 6.42 Å². The zero-order valence-corrected chi connectivity index (χ0v) is 14.9. The van der Waals surface area contributed by atoms with Crippen molar-refractivity contribution >= 4 is 5.97 Å². The monoisotopic (exact) mass is 328 g/mol. The molecule has 0 aromatic rings. The van der Waals surface area contributed by atoms with Gasteiger partial charge in [-0.3, -0.25) is 4.79 Å². The quantitative estimate of drug-likeness (QED) is 0.309. The molecule has 0 fully saturated rings. The standard InChI is InChI=1S/C19H36O4/c1-3-4-7-13-18(21)14-10-12-17(16(2)20)11-8-5-6-9-15-19(22)23/h10,14,16-18,20-21H,3-9,11-13,15H2,1-2H3,(H,22,23). The van der Waals surface area contributed by atoms with Crippen molar-refractivity contribution < 1.29 is 20.1 Å². The molecular weight excluding hydrogens is 292 g/mol. The third kappa shape index (κ3) is 14.5. The van der Waals surface area contributed by atoms with Crippen LogP contribution in [0.1, 0.15) is 84.5 Å². The van der Waals surface area contributed by atoms with Crippen LogP contribution in [0.25, 0.3) is 0 Å². The number of hydrogen-bond acceptors (Lipinski definition) is 3. The fraction of sp³-hybridized carbons (Fsp3) is 0.842. The molecule has 3 atom stereocenters. The average Bonchev–Trinajstić information content (AvgIpc) is 2.48. The highest BCUT2D eigenvalue weighted by atomic mass is 16.4. The van der Waals surface area contributed by atoms with E-state index in [4.69, 9.17) is 5.11 Å². The van der Waals surface area contributed by atoms with Crippen LogP contribution in [-0.2, 0) is 4.79 Å². The molecule has 0 heterocycles. The number of aliphatic carboxylic acids is 1. The van der Waals surface area contributed by atoms with Crippen molar-refractivity contribution in [2.24, 2.45) is 5.92 Å². The molecule has 0 rings (SSSR count). The lowest BCUT2D eigenvalue weighted by Gasteiger charge is -2.18. The van der Waals surface area contributed by atoms with E-state index in [9.17, 15) is 15.0 Å². The predicted molar refractivity (Wildman–Crippen MR) is 94.4 cm³/mol.